The second-order valence-corrected chi connectivity index (χ2v) is 16.5. The third-order valence-electron chi connectivity index (χ3n) is 8.61. The number of aliphatic hydroxyl groups excluding tert-OH is 1. The Morgan fingerprint density at radius 1 is 0.711 bits per heavy atom. The molecule has 2 aromatic rings. The summed E-state index contributed by atoms with van der Waals surface area (Å²) in [6.07, 6.45) is 2.29. The van der Waals surface area contributed by atoms with Crippen molar-refractivity contribution in [3.63, 3.8) is 0 Å². The van der Waals surface area contributed by atoms with E-state index < -0.39 is 19.2 Å². The van der Waals surface area contributed by atoms with Crippen LogP contribution in [0.2, 0.25) is 0 Å². The number of aliphatic hydroxyl groups is 1. The van der Waals surface area contributed by atoms with Crippen molar-refractivity contribution < 1.29 is 35.6 Å². The first kappa shape index (κ1) is 36.2. The maximum Gasteiger partial charge on any atom is 0.296 e. The molecule has 0 bridgehead atoms. The van der Waals surface area contributed by atoms with Gasteiger partial charge in [-0.05, 0) is 74.6 Å². The van der Waals surface area contributed by atoms with E-state index in [1.165, 1.54) is 25.1 Å². The predicted octanol–water partition coefficient (Wildman–Crippen LogP) is 3.54. The summed E-state index contributed by atoms with van der Waals surface area (Å²) in [5.74, 6) is 2.30. The molecular formula is C32H47ClN2O8S2. The molecule has 2 saturated heterocycles. The first-order chi connectivity index (χ1) is 21.4. The maximum atomic E-state index is 12.1. The molecule has 0 spiro atoms. The summed E-state index contributed by atoms with van der Waals surface area (Å²) >= 11 is 0. The molecule has 4 fully saturated rings. The highest BCUT2D eigenvalue weighted by Gasteiger charge is 2.40. The second-order valence-electron chi connectivity index (χ2n) is 12.3. The minimum Gasteiger partial charge on any atom is -0.396 e. The molecule has 0 amide bonds. The van der Waals surface area contributed by atoms with Crippen LogP contribution >= 0.6 is 10.7 Å². The molecule has 0 unspecified atom stereocenters. The van der Waals surface area contributed by atoms with Gasteiger partial charge in [0.2, 0.25) is 0 Å². The Bertz CT molecular complexity index is 1400. The number of morpholine rings is 2. The van der Waals surface area contributed by atoms with Crippen LogP contribution in [0.5, 0.6) is 0 Å². The average molecular weight is 687 g/mol. The Labute approximate surface area is 273 Å². The number of halogens is 1. The van der Waals surface area contributed by atoms with E-state index >= 15 is 0 Å². The van der Waals surface area contributed by atoms with E-state index in [4.69, 9.17) is 29.4 Å². The molecule has 2 saturated carbocycles. The topological polar surface area (TPSA) is 123 Å². The van der Waals surface area contributed by atoms with Crippen molar-refractivity contribution >= 4 is 29.9 Å². The third-order valence-corrected chi connectivity index (χ3v) is 11.3. The van der Waals surface area contributed by atoms with Gasteiger partial charge in [-0.25, -0.2) is 8.42 Å². The zero-order chi connectivity index (χ0) is 32.5. The maximum absolute atomic E-state index is 12.1. The van der Waals surface area contributed by atoms with Gasteiger partial charge in [-0.15, -0.1) is 0 Å². The summed E-state index contributed by atoms with van der Waals surface area (Å²) in [5, 5.41) is 8.86. The summed E-state index contributed by atoms with van der Waals surface area (Å²) in [5.41, 5.74) is 2.04. The lowest BCUT2D eigenvalue weighted by molar-refractivity contribution is 0.0346. The van der Waals surface area contributed by atoms with Crippen molar-refractivity contribution in [1.82, 2.24) is 9.80 Å². The molecule has 4 atom stereocenters. The molecule has 4 aliphatic rings. The van der Waals surface area contributed by atoms with Crippen molar-refractivity contribution in [3.05, 3.63) is 59.7 Å². The van der Waals surface area contributed by atoms with Crippen LogP contribution in [0.1, 0.15) is 24.0 Å². The van der Waals surface area contributed by atoms with Crippen molar-refractivity contribution in [2.75, 3.05) is 78.9 Å². The van der Waals surface area contributed by atoms with Gasteiger partial charge in [-0.3, -0.25) is 14.0 Å². The molecular weight excluding hydrogens is 640 g/mol. The van der Waals surface area contributed by atoms with Crippen LogP contribution in [0.3, 0.4) is 0 Å². The van der Waals surface area contributed by atoms with Crippen LogP contribution in [0, 0.1) is 37.5 Å². The number of rotatable bonds is 10. The summed E-state index contributed by atoms with van der Waals surface area (Å²) in [7, 11) is -2.09. The molecule has 2 aliphatic carbocycles. The Kier molecular flexibility index (Phi) is 13.7. The van der Waals surface area contributed by atoms with Gasteiger partial charge in [0, 0.05) is 56.6 Å². The molecule has 2 heterocycles. The van der Waals surface area contributed by atoms with Gasteiger partial charge in [0.15, 0.2) is 0 Å². The fourth-order valence-corrected chi connectivity index (χ4v) is 7.11. The quantitative estimate of drug-likeness (QED) is 0.293. The standard InChI is InChI=1S/C16H23NO4S.C9H17NO2.C7H7ClO2S/c1-13-2-4-16(5-3-13)22(18,19)21-12-15-10-14(15)11-17-6-8-20-9-7-17;11-7-9-5-8(9)6-10-1-3-12-4-2-10;1-6-2-4-7(5-3-6)11(8,9)10/h2-5,14-15H,6-12H2,1H3;8-9,11H,1-7H2;2-5H,1H3/t14-,15-;8-,9-;/m11./s1. The molecule has 0 aromatic heterocycles. The smallest absolute Gasteiger partial charge is 0.296 e. The van der Waals surface area contributed by atoms with Gasteiger partial charge in [-0.2, -0.15) is 8.42 Å². The molecule has 252 valence electrons. The van der Waals surface area contributed by atoms with Gasteiger partial charge < -0.3 is 14.6 Å². The van der Waals surface area contributed by atoms with Gasteiger partial charge in [0.25, 0.3) is 19.2 Å². The summed E-state index contributed by atoms with van der Waals surface area (Å²) in [6, 6.07) is 13.1. The van der Waals surface area contributed by atoms with Gasteiger partial charge >= 0.3 is 0 Å². The Hall–Kier alpha value is -1.61. The first-order valence-corrected chi connectivity index (χ1v) is 19.3. The number of ether oxygens (including phenoxy) is 2. The zero-order valence-corrected chi connectivity index (χ0v) is 28.6. The summed E-state index contributed by atoms with van der Waals surface area (Å²) in [4.78, 5) is 5.22. The summed E-state index contributed by atoms with van der Waals surface area (Å²) in [6.45, 7) is 14.2. The number of hydrogen-bond acceptors (Lipinski definition) is 10. The number of hydrogen-bond donors (Lipinski definition) is 1. The highest BCUT2D eigenvalue weighted by Crippen LogP contribution is 2.40. The van der Waals surface area contributed by atoms with Crippen LogP contribution in [0.25, 0.3) is 0 Å². The van der Waals surface area contributed by atoms with E-state index in [0.29, 0.717) is 31.0 Å². The minimum absolute atomic E-state index is 0.143. The number of benzene rings is 2. The highest BCUT2D eigenvalue weighted by molar-refractivity contribution is 8.13. The fourth-order valence-electron chi connectivity index (χ4n) is 5.38. The van der Waals surface area contributed by atoms with Gasteiger partial charge in [0.1, 0.15) is 0 Å². The Morgan fingerprint density at radius 3 is 1.56 bits per heavy atom. The summed E-state index contributed by atoms with van der Waals surface area (Å²) < 4.78 is 61.5. The molecule has 6 rings (SSSR count). The monoisotopic (exact) mass is 686 g/mol. The third kappa shape index (κ3) is 12.5. The SMILES string of the molecule is Cc1ccc(S(=O)(=O)Cl)cc1.Cc1ccc(S(=O)(=O)OC[C@H]2C[C@@H]2CN2CCOCC2)cc1.OC[C@H]1C[C@@H]1CN1CCOCC1. The van der Waals surface area contributed by atoms with Crippen LogP contribution in [-0.2, 0) is 32.8 Å². The van der Waals surface area contributed by atoms with E-state index in [9.17, 15) is 16.8 Å². The fraction of sp³-hybridized carbons (Fsp3) is 0.625. The van der Waals surface area contributed by atoms with Crippen LogP contribution < -0.4 is 0 Å². The molecule has 10 nitrogen and oxygen atoms in total. The number of nitrogens with zero attached hydrogens (tertiary/aromatic N) is 2. The Morgan fingerprint density at radius 2 is 1.13 bits per heavy atom. The van der Waals surface area contributed by atoms with Crippen LogP contribution in [0.15, 0.2) is 58.3 Å². The highest BCUT2D eigenvalue weighted by atomic mass is 35.7. The van der Waals surface area contributed by atoms with E-state index in [1.807, 2.05) is 13.8 Å². The van der Waals surface area contributed by atoms with Crippen molar-refractivity contribution in [3.8, 4) is 0 Å². The molecule has 0 radical (unpaired) electrons. The van der Waals surface area contributed by atoms with Crippen molar-refractivity contribution in [2.24, 2.45) is 23.7 Å². The average Bonchev–Trinajstić information content (AvgIpc) is 3.95. The van der Waals surface area contributed by atoms with Gasteiger partial charge in [0.05, 0.1) is 42.8 Å². The molecule has 13 heteroatoms. The van der Waals surface area contributed by atoms with E-state index in [-0.39, 0.29) is 9.79 Å². The lowest BCUT2D eigenvalue weighted by Crippen LogP contribution is -2.37. The first-order valence-electron chi connectivity index (χ1n) is 15.6. The Balaban J connectivity index is 0.000000169. The largest absolute Gasteiger partial charge is 0.396 e. The molecule has 2 aliphatic heterocycles. The zero-order valence-electron chi connectivity index (χ0n) is 26.2. The molecule has 1 N–H and O–H groups in total. The molecule has 45 heavy (non-hydrogen) atoms. The minimum atomic E-state index is -3.62. The predicted molar refractivity (Wildman–Crippen MR) is 173 cm³/mol. The van der Waals surface area contributed by atoms with Crippen LogP contribution in [0.4, 0.5) is 0 Å². The van der Waals surface area contributed by atoms with E-state index in [2.05, 4.69) is 9.80 Å². The van der Waals surface area contributed by atoms with E-state index in [0.717, 1.165) is 82.6 Å². The lowest BCUT2D eigenvalue weighted by atomic mass is 10.2. The van der Waals surface area contributed by atoms with Gasteiger partial charge in [-0.1, -0.05) is 35.4 Å². The lowest BCUT2D eigenvalue weighted by Gasteiger charge is -2.26. The normalized spacial score (nSPS) is 25.3. The molecule has 2 aromatic carbocycles. The van der Waals surface area contributed by atoms with Crippen LogP contribution in [-0.4, -0.2) is 111 Å². The number of aryl methyl sites for hydroxylation is 2. The van der Waals surface area contributed by atoms with Crippen molar-refractivity contribution in [2.45, 2.75) is 36.5 Å². The second kappa shape index (κ2) is 17.0. The van der Waals surface area contributed by atoms with Crippen molar-refractivity contribution in [1.29, 1.82) is 0 Å². The van der Waals surface area contributed by atoms with E-state index in [1.54, 1.807) is 36.4 Å².